The molecule has 1 amide bonds. The standard InChI is InChI=1S/C25H23N3O3S2/c1-30-20-12-16-9-10-28(14-17(16)13-21(20)31-2)23(29)15-33-25-18-6-3-4-7-19(18)26-24(27-25)22-8-5-11-32-22/h3-8,11-13H,9-10,14-15H2,1-2H3. The largest absolute Gasteiger partial charge is 0.493 e. The third-order valence-corrected chi connectivity index (χ3v) is 7.55. The molecule has 3 heterocycles. The number of methoxy groups -OCH3 is 2. The van der Waals surface area contributed by atoms with E-state index in [2.05, 4.69) is 0 Å². The van der Waals surface area contributed by atoms with Gasteiger partial charge in [-0.1, -0.05) is 36.0 Å². The van der Waals surface area contributed by atoms with Crippen LogP contribution in [0.3, 0.4) is 0 Å². The summed E-state index contributed by atoms with van der Waals surface area (Å²) in [6, 6.07) is 16.0. The Morgan fingerprint density at radius 1 is 1.06 bits per heavy atom. The van der Waals surface area contributed by atoms with Crippen LogP contribution in [0.5, 0.6) is 11.5 Å². The number of hydrogen-bond donors (Lipinski definition) is 0. The van der Waals surface area contributed by atoms with Gasteiger partial charge in [-0.2, -0.15) is 0 Å². The van der Waals surface area contributed by atoms with Crippen molar-refractivity contribution < 1.29 is 14.3 Å². The van der Waals surface area contributed by atoms with Gasteiger partial charge in [0.2, 0.25) is 5.91 Å². The van der Waals surface area contributed by atoms with Crippen LogP contribution in [0, 0.1) is 0 Å². The van der Waals surface area contributed by atoms with E-state index in [0.29, 0.717) is 30.4 Å². The molecular weight excluding hydrogens is 454 g/mol. The molecule has 8 heteroatoms. The van der Waals surface area contributed by atoms with Gasteiger partial charge in [-0.05, 0) is 47.2 Å². The van der Waals surface area contributed by atoms with Crippen molar-refractivity contribution in [1.82, 2.24) is 14.9 Å². The minimum atomic E-state index is 0.0980. The minimum absolute atomic E-state index is 0.0980. The predicted octanol–water partition coefficient (Wildman–Crippen LogP) is 5.05. The van der Waals surface area contributed by atoms with E-state index in [0.717, 1.165) is 38.5 Å². The highest BCUT2D eigenvalue weighted by molar-refractivity contribution is 8.00. The van der Waals surface area contributed by atoms with E-state index < -0.39 is 0 Å². The molecule has 0 N–H and O–H groups in total. The summed E-state index contributed by atoms with van der Waals surface area (Å²) in [7, 11) is 3.27. The van der Waals surface area contributed by atoms with Gasteiger partial charge < -0.3 is 14.4 Å². The topological polar surface area (TPSA) is 64.6 Å². The number of aromatic nitrogens is 2. The second-order valence-corrected chi connectivity index (χ2v) is 9.59. The van der Waals surface area contributed by atoms with Crippen LogP contribution in [-0.4, -0.2) is 47.3 Å². The van der Waals surface area contributed by atoms with Crippen LogP contribution < -0.4 is 9.47 Å². The van der Waals surface area contributed by atoms with Crippen molar-refractivity contribution >= 4 is 39.9 Å². The third-order valence-electron chi connectivity index (χ3n) is 5.71. The van der Waals surface area contributed by atoms with Gasteiger partial charge in [0.05, 0.1) is 30.4 Å². The van der Waals surface area contributed by atoms with Gasteiger partial charge in [0.1, 0.15) is 5.03 Å². The molecule has 33 heavy (non-hydrogen) atoms. The zero-order valence-corrected chi connectivity index (χ0v) is 20.0. The van der Waals surface area contributed by atoms with Gasteiger partial charge in [0, 0.05) is 18.5 Å². The zero-order chi connectivity index (χ0) is 22.8. The van der Waals surface area contributed by atoms with E-state index in [1.165, 1.54) is 17.3 Å². The first-order valence-corrected chi connectivity index (χ1v) is 12.5. The normalized spacial score (nSPS) is 13.1. The number of ether oxygens (including phenoxy) is 2. The highest BCUT2D eigenvalue weighted by Gasteiger charge is 2.23. The van der Waals surface area contributed by atoms with Crippen LogP contribution in [0.1, 0.15) is 11.1 Å². The van der Waals surface area contributed by atoms with Crippen molar-refractivity contribution in [1.29, 1.82) is 0 Å². The summed E-state index contributed by atoms with van der Waals surface area (Å²) in [5.74, 6) is 2.54. The highest BCUT2D eigenvalue weighted by Crippen LogP contribution is 2.34. The molecule has 1 aliphatic rings. The van der Waals surface area contributed by atoms with Crippen LogP contribution in [0.15, 0.2) is 58.9 Å². The van der Waals surface area contributed by atoms with E-state index in [4.69, 9.17) is 19.4 Å². The lowest BCUT2D eigenvalue weighted by Crippen LogP contribution is -2.37. The molecule has 0 fully saturated rings. The quantitative estimate of drug-likeness (QED) is 0.286. The van der Waals surface area contributed by atoms with Crippen LogP contribution in [0.25, 0.3) is 21.6 Å². The lowest BCUT2D eigenvalue weighted by molar-refractivity contribution is -0.129. The molecule has 0 spiro atoms. The van der Waals surface area contributed by atoms with Crippen LogP contribution in [-0.2, 0) is 17.8 Å². The Balaban J connectivity index is 1.35. The average molecular weight is 478 g/mol. The van der Waals surface area contributed by atoms with Crippen LogP contribution in [0.2, 0.25) is 0 Å². The first kappa shape index (κ1) is 21.7. The van der Waals surface area contributed by atoms with E-state index >= 15 is 0 Å². The molecular formula is C25H23N3O3S2. The number of amides is 1. The van der Waals surface area contributed by atoms with Crippen LogP contribution in [0.4, 0.5) is 0 Å². The number of para-hydroxylation sites is 1. The Morgan fingerprint density at radius 2 is 1.85 bits per heavy atom. The fourth-order valence-electron chi connectivity index (χ4n) is 3.99. The molecule has 0 unspecified atom stereocenters. The van der Waals surface area contributed by atoms with Gasteiger partial charge in [-0.15, -0.1) is 11.3 Å². The second-order valence-electron chi connectivity index (χ2n) is 7.68. The summed E-state index contributed by atoms with van der Waals surface area (Å²) in [5, 5.41) is 3.82. The van der Waals surface area contributed by atoms with Crippen molar-refractivity contribution in [2.75, 3.05) is 26.5 Å². The fraction of sp³-hybridized carbons (Fsp3) is 0.240. The molecule has 0 atom stereocenters. The first-order valence-electron chi connectivity index (χ1n) is 10.6. The lowest BCUT2D eigenvalue weighted by Gasteiger charge is -2.29. The molecule has 0 bridgehead atoms. The average Bonchev–Trinajstić information content (AvgIpc) is 3.40. The second kappa shape index (κ2) is 9.41. The van der Waals surface area contributed by atoms with E-state index in [1.807, 2.05) is 58.8 Å². The number of hydrogen-bond acceptors (Lipinski definition) is 7. The molecule has 1 aliphatic heterocycles. The number of rotatable bonds is 6. The predicted molar refractivity (Wildman–Crippen MR) is 132 cm³/mol. The minimum Gasteiger partial charge on any atom is -0.493 e. The van der Waals surface area contributed by atoms with E-state index in [9.17, 15) is 4.79 Å². The summed E-state index contributed by atoms with van der Waals surface area (Å²) in [5.41, 5.74) is 3.19. The fourth-order valence-corrected chi connectivity index (χ4v) is 5.57. The number of carbonyl (C=O) groups is 1. The number of fused-ring (bicyclic) bond motifs is 2. The number of nitrogens with zero attached hydrogens (tertiary/aromatic N) is 3. The lowest BCUT2D eigenvalue weighted by atomic mass is 9.99. The van der Waals surface area contributed by atoms with Crippen molar-refractivity contribution in [3.05, 3.63) is 65.0 Å². The molecule has 4 aromatic rings. The SMILES string of the molecule is COc1cc2c(cc1OC)CN(C(=O)CSc1nc(-c3cccs3)nc3ccccc13)CC2. The molecule has 6 nitrogen and oxygen atoms in total. The molecule has 2 aromatic heterocycles. The number of carbonyl (C=O) groups excluding carboxylic acids is 1. The van der Waals surface area contributed by atoms with Gasteiger partial charge >= 0.3 is 0 Å². The summed E-state index contributed by atoms with van der Waals surface area (Å²) in [6.07, 6.45) is 0.797. The van der Waals surface area contributed by atoms with Gasteiger partial charge in [-0.3, -0.25) is 4.79 Å². The number of thioether (sulfide) groups is 1. The molecule has 0 aliphatic carbocycles. The number of thiophene rings is 1. The third kappa shape index (κ3) is 4.41. The van der Waals surface area contributed by atoms with Crippen molar-refractivity contribution in [2.45, 2.75) is 18.0 Å². The van der Waals surface area contributed by atoms with Crippen molar-refractivity contribution in [3.63, 3.8) is 0 Å². The molecule has 2 aromatic carbocycles. The maximum absolute atomic E-state index is 13.1. The molecule has 5 rings (SSSR count). The highest BCUT2D eigenvalue weighted by atomic mass is 32.2. The van der Waals surface area contributed by atoms with Gasteiger partial charge in [0.25, 0.3) is 0 Å². The molecule has 0 saturated carbocycles. The first-order chi connectivity index (χ1) is 16.2. The van der Waals surface area contributed by atoms with Crippen molar-refractivity contribution in [3.8, 4) is 22.2 Å². The maximum Gasteiger partial charge on any atom is 0.233 e. The summed E-state index contributed by atoms with van der Waals surface area (Å²) in [6.45, 7) is 1.26. The summed E-state index contributed by atoms with van der Waals surface area (Å²) in [4.78, 5) is 25.6. The van der Waals surface area contributed by atoms with Crippen LogP contribution >= 0.6 is 23.1 Å². The Labute approximate surface area is 200 Å². The van der Waals surface area contributed by atoms with Gasteiger partial charge in [0.15, 0.2) is 17.3 Å². The monoisotopic (exact) mass is 477 g/mol. The Hall–Kier alpha value is -3.10. The molecule has 0 radical (unpaired) electrons. The van der Waals surface area contributed by atoms with E-state index in [1.54, 1.807) is 25.6 Å². The molecule has 168 valence electrons. The maximum atomic E-state index is 13.1. The summed E-state index contributed by atoms with van der Waals surface area (Å²) < 4.78 is 10.9. The zero-order valence-electron chi connectivity index (χ0n) is 18.4. The Bertz CT molecular complexity index is 1310. The smallest absolute Gasteiger partial charge is 0.233 e. The van der Waals surface area contributed by atoms with Gasteiger partial charge in [-0.25, -0.2) is 9.97 Å². The Kier molecular flexibility index (Phi) is 6.20. The Morgan fingerprint density at radius 3 is 2.61 bits per heavy atom. The van der Waals surface area contributed by atoms with E-state index in [-0.39, 0.29) is 5.91 Å². The summed E-state index contributed by atoms with van der Waals surface area (Å²) >= 11 is 3.09. The molecule has 0 saturated heterocycles. The van der Waals surface area contributed by atoms with Crippen molar-refractivity contribution in [2.24, 2.45) is 0 Å². The number of benzene rings is 2.